The van der Waals surface area contributed by atoms with Gasteiger partial charge >= 0.3 is 0 Å². The van der Waals surface area contributed by atoms with E-state index in [1.165, 1.54) is 18.3 Å². The molecule has 0 spiro atoms. The van der Waals surface area contributed by atoms with Gasteiger partial charge in [-0.2, -0.15) is 0 Å². The number of ketones is 1. The molecule has 6 nitrogen and oxygen atoms in total. The summed E-state index contributed by atoms with van der Waals surface area (Å²) in [4.78, 5) is 40.1. The molecule has 1 unspecified atom stereocenters. The predicted octanol–water partition coefficient (Wildman–Crippen LogP) is 0.587. The van der Waals surface area contributed by atoms with E-state index in [2.05, 4.69) is 10.3 Å². The van der Waals surface area contributed by atoms with E-state index in [9.17, 15) is 14.4 Å². The van der Waals surface area contributed by atoms with E-state index in [-0.39, 0.29) is 24.1 Å². The highest BCUT2D eigenvalue weighted by Crippen LogP contribution is 2.25. The number of aromatic nitrogens is 1. The maximum atomic E-state index is 11.7. The Morgan fingerprint density at radius 1 is 1.61 bits per heavy atom. The zero-order valence-corrected chi connectivity index (χ0v) is 10.9. The first-order valence-electron chi connectivity index (χ1n) is 5.59. The summed E-state index contributed by atoms with van der Waals surface area (Å²) >= 11 is 1.27. The molecule has 1 N–H and O–H groups in total. The van der Waals surface area contributed by atoms with Crippen LogP contribution in [-0.2, 0) is 9.59 Å². The van der Waals surface area contributed by atoms with Gasteiger partial charge in [0.05, 0.1) is 0 Å². The molecule has 0 aromatic carbocycles. The monoisotopic (exact) mass is 267 g/mol. The number of Topliss-reactive ketones (excluding diaryl/α,β-unsaturated/α-hetero) is 1. The lowest BCUT2D eigenvalue weighted by Gasteiger charge is -2.32. The van der Waals surface area contributed by atoms with E-state index in [4.69, 9.17) is 0 Å². The van der Waals surface area contributed by atoms with E-state index in [1.807, 2.05) is 6.92 Å². The number of piperazine rings is 1. The van der Waals surface area contributed by atoms with Crippen LogP contribution < -0.4 is 10.2 Å². The van der Waals surface area contributed by atoms with E-state index >= 15 is 0 Å². The lowest BCUT2D eigenvalue weighted by Crippen LogP contribution is -2.58. The van der Waals surface area contributed by atoms with Crippen molar-refractivity contribution in [1.82, 2.24) is 10.3 Å². The summed E-state index contributed by atoms with van der Waals surface area (Å²) < 4.78 is 0. The fraction of sp³-hybridized carbons (Fsp3) is 0.455. The number of hydrogen-bond acceptors (Lipinski definition) is 6. The van der Waals surface area contributed by atoms with Gasteiger partial charge in [-0.1, -0.05) is 6.92 Å². The smallest absolute Gasteiger partial charge is 0.249 e. The summed E-state index contributed by atoms with van der Waals surface area (Å²) in [6, 6.07) is -0.409. The van der Waals surface area contributed by atoms with Crippen LogP contribution >= 0.6 is 11.3 Å². The van der Waals surface area contributed by atoms with Crippen molar-refractivity contribution >= 4 is 34.1 Å². The van der Waals surface area contributed by atoms with Crippen LogP contribution in [0.2, 0.25) is 0 Å². The zero-order valence-electron chi connectivity index (χ0n) is 10.1. The van der Waals surface area contributed by atoms with Crippen LogP contribution in [0.4, 0.5) is 5.13 Å². The molecule has 96 valence electrons. The van der Waals surface area contributed by atoms with Gasteiger partial charge in [0.2, 0.25) is 11.8 Å². The van der Waals surface area contributed by atoms with Crippen LogP contribution in [0.3, 0.4) is 0 Å². The van der Waals surface area contributed by atoms with E-state index in [0.29, 0.717) is 17.2 Å². The van der Waals surface area contributed by atoms with Gasteiger partial charge in [0.1, 0.15) is 18.3 Å². The molecule has 1 aromatic rings. The molecule has 0 aliphatic carbocycles. The Balaban J connectivity index is 2.30. The minimum Gasteiger partial charge on any atom is -0.327 e. The molecule has 0 bridgehead atoms. The number of imide groups is 1. The van der Waals surface area contributed by atoms with Gasteiger partial charge < -0.3 is 4.90 Å². The Kier molecular flexibility index (Phi) is 3.42. The number of nitrogens with one attached hydrogen (secondary N) is 1. The molecule has 2 rings (SSSR count). The average molecular weight is 267 g/mol. The largest absolute Gasteiger partial charge is 0.327 e. The van der Waals surface area contributed by atoms with Crippen LogP contribution in [0.15, 0.2) is 5.38 Å². The first kappa shape index (κ1) is 12.7. The van der Waals surface area contributed by atoms with Crippen LogP contribution in [0.5, 0.6) is 0 Å². The number of anilines is 1. The second-order valence-electron chi connectivity index (χ2n) is 4.04. The number of thiazole rings is 1. The molecule has 0 saturated carbocycles. The minimum atomic E-state index is -0.409. The number of rotatable bonds is 3. The lowest BCUT2D eigenvalue weighted by atomic mass is 10.1. The Hall–Kier alpha value is -1.76. The summed E-state index contributed by atoms with van der Waals surface area (Å²) in [6.07, 6.45) is 0.577. The lowest BCUT2D eigenvalue weighted by molar-refractivity contribution is -0.132. The van der Waals surface area contributed by atoms with Crippen molar-refractivity contribution in [2.24, 2.45) is 0 Å². The van der Waals surface area contributed by atoms with Gasteiger partial charge in [-0.15, -0.1) is 11.3 Å². The third-order valence-corrected chi connectivity index (χ3v) is 3.62. The summed E-state index contributed by atoms with van der Waals surface area (Å²) in [6.45, 7) is 3.39. The van der Waals surface area contributed by atoms with Crippen LogP contribution in [0.25, 0.3) is 0 Å². The van der Waals surface area contributed by atoms with Crippen molar-refractivity contribution in [3.8, 4) is 0 Å². The second kappa shape index (κ2) is 4.85. The van der Waals surface area contributed by atoms with Crippen molar-refractivity contribution in [3.63, 3.8) is 0 Å². The van der Waals surface area contributed by atoms with Crippen LogP contribution in [0, 0.1) is 0 Å². The van der Waals surface area contributed by atoms with Gasteiger partial charge in [0, 0.05) is 12.3 Å². The number of nitrogens with zero attached hydrogens (tertiary/aromatic N) is 2. The number of amides is 2. The highest BCUT2D eigenvalue weighted by Gasteiger charge is 2.34. The summed E-state index contributed by atoms with van der Waals surface area (Å²) in [5.74, 6) is -0.782. The molecular formula is C11H13N3O3S. The first-order valence-corrected chi connectivity index (χ1v) is 6.47. The van der Waals surface area contributed by atoms with Crippen molar-refractivity contribution in [2.45, 2.75) is 26.3 Å². The molecule has 1 aromatic heterocycles. The summed E-state index contributed by atoms with van der Waals surface area (Å²) in [7, 11) is 0. The Morgan fingerprint density at radius 3 is 2.89 bits per heavy atom. The standard InChI is InChI=1S/C11H13N3O3S/c1-3-8-10(17)13-9(16)4-14(8)11-12-7(5-18-11)6(2)15/h5,8H,3-4H2,1-2H3,(H,13,16,17). The predicted molar refractivity (Wildman–Crippen MR) is 66.7 cm³/mol. The maximum absolute atomic E-state index is 11.7. The quantitative estimate of drug-likeness (QED) is 0.640. The van der Waals surface area contributed by atoms with Gasteiger partial charge in [-0.25, -0.2) is 4.98 Å². The highest BCUT2D eigenvalue weighted by molar-refractivity contribution is 7.14. The number of carbonyl (C=O) groups is 3. The number of carbonyl (C=O) groups excluding carboxylic acids is 3. The average Bonchev–Trinajstić information content (AvgIpc) is 2.77. The molecule has 2 heterocycles. The normalized spacial score (nSPS) is 19.9. The third-order valence-electron chi connectivity index (χ3n) is 2.74. The fourth-order valence-corrected chi connectivity index (χ4v) is 2.75. The molecule has 2 amide bonds. The molecule has 0 radical (unpaired) electrons. The summed E-state index contributed by atoms with van der Waals surface area (Å²) in [5.41, 5.74) is 0.364. The van der Waals surface area contributed by atoms with Gasteiger partial charge in [0.15, 0.2) is 10.9 Å². The van der Waals surface area contributed by atoms with Gasteiger partial charge in [-0.05, 0) is 6.42 Å². The van der Waals surface area contributed by atoms with Crippen molar-refractivity contribution in [2.75, 3.05) is 11.4 Å². The molecule has 1 saturated heterocycles. The SMILES string of the molecule is CCC1C(=O)NC(=O)CN1c1nc(C(C)=O)cs1. The Labute approximate surface area is 108 Å². The zero-order chi connectivity index (χ0) is 13.3. The molecule has 1 atom stereocenters. The number of hydrogen-bond donors (Lipinski definition) is 1. The second-order valence-corrected chi connectivity index (χ2v) is 4.87. The minimum absolute atomic E-state index is 0.0924. The highest BCUT2D eigenvalue weighted by atomic mass is 32.1. The van der Waals surface area contributed by atoms with E-state index in [1.54, 1.807) is 10.3 Å². The molecule has 18 heavy (non-hydrogen) atoms. The van der Waals surface area contributed by atoms with Gasteiger partial charge in [-0.3, -0.25) is 19.7 Å². The maximum Gasteiger partial charge on any atom is 0.249 e. The van der Waals surface area contributed by atoms with Crippen LogP contribution in [-0.4, -0.2) is 35.2 Å². The van der Waals surface area contributed by atoms with Crippen LogP contribution in [0.1, 0.15) is 30.8 Å². The van der Waals surface area contributed by atoms with Crippen molar-refractivity contribution in [3.05, 3.63) is 11.1 Å². The topological polar surface area (TPSA) is 79.4 Å². The van der Waals surface area contributed by atoms with E-state index < -0.39 is 6.04 Å². The van der Waals surface area contributed by atoms with Crippen molar-refractivity contribution < 1.29 is 14.4 Å². The van der Waals surface area contributed by atoms with Crippen molar-refractivity contribution in [1.29, 1.82) is 0 Å². The molecular weight excluding hydrogens is 254 g/mol. The molecule has 1 aliphatic rings. The van der Waals surface area contributed by atoms with E-state index in [0.717, 1.165) is 0 Å². The fourth-order valence-electron chi connectivity index (χ4n) is 1.83. The Bertz CT molecular complexity index is 511. The molecule has 7 heteroatoms. The Morgan fingerprint density at radius 2 is 2.33 bits per heavy atom. The third kappa shape index (κ3) is 2.26. The molecule has 1 aliphatic heterocycles. The molecule has 1 fully saturated rings. The first-order chi connectivity index (χ1) is 8.52. The van der Waals surface area contributed by atoms with Gasteiger partial charge in [0.25, 0.3) is 0 Å². The summed E-state index contributed by atoms with van der Waals surface area (Å²) in [5, 5.41) is 4.48.